The van der Waals surface area contributed by atoms with Crippen LogP contribution in [0.5, 0.6) is 5.75 Å². The molecule has 0 aliphatic carbocycles. The highest BCUT2D eigenvalue weighted by Gasteiger charge is 2.33. The third kappa shape index (κ3) is 5.30. The molecule has 0 radical (unpaired) electrons. The number of hydrogen-bond acceptors (Lipinski definition) is 8. The number of aromatic nitrogens is 4. The van der Waals surface area contributed by atoms with E-state index in [1.54, 1.807) is 63.0 Å². The number of nitrogens with one attached hydrogen (secondary N) is 1. The predicted molar refractivity (Wildman–Crippen MR) is 146 cm³/mol. The van der Waals surface area contributed by atoms with Gasteiger partial charge in [0.1, 0.15) is 34.4 Å². The molecule has 1 unspecified atom stereocenters. The SMILES string of the molecule is COCC=CC(=O)N1CCCC1c1nc(-c2ccc(C(=O)Nc3cc(OC)ccn3)cc2)c2c(N)nccn12. The largest absolute Gasteiger partial charge is 0.497 e. The number of carbonyl (C=O) groups excluding carboxylic acids is 2. The molecule has 1 fully saturated rings. The van der Waals surface area contributed by atoms with Crippen LogP contribution in [0.15, 0.2) is 67.1 Å². The Morgan fingerprint density at radius 1 is 1.15 bits per heavy atom. The van der Waals surface area contributed by atoms with Gasteiger partial charge in [-0.1, -0.05) is 18.2 Å². The van der Waals surface area contributed by atoms with Gasteiger partial charge in [0, 0.05) is 55.5 Å². The average molecular weight is 528 g/mol. The topological polar surface area (TPSA) is 137 Å². The first kappa shape index (κ1) is 25.9. The lowest BCUT2D eigenvalue weighted by Gasteiger charge is -2.22. The number of hydrogen-bond donors (Lipinski definition) is 2. The molecule has 5 rings (SSSR count). The van der Waals surface area contributed by atoms with Gasteiger partial charge in [-0.05, 0) is 31.0 Å². The van der Waals surface area contributed by atoms with Crippen LogP contribution in [0.1, 0.15) is 35.1 Å². The van der Waals surface area contributed by atoms with Crippen LogP contribution in [0.25, 0.3) is 16.8 Å². The van der Waals surface area contributed by atoms with Crippen LogP contribution in [-0.2, 0) is 9.53 Å². The fraction of sp³-hybridized carbons (Fsp3) is 0.250. The average Bonchev–Trinajstić information content (AvgIpc) is 3.59. The summed E-state index contributed by atoms with van der Waals surface area (Å²) in [6, 6.07) is 10.2. The van der Waals surface area contributed by atoms with Crippen LogP contribution < -0.4 is 15.8 Å². The Morgan fingerprint density at radius 2 is 1.97 bits per heavy atom. The highest BCUT2D eigenvalue weighted by atomic mass is 16.5. The quantitative estimate of drug-likeness (QED) is 0.332. The normalized spacial score (nSPS) is 15.2. The van der Waals surface area contributed by atoms with Gasteiger partial charge >= 0.3 is 0 Å². The number of amides is 2. The van der Waals surface area contributed by atoms with Gasteiger partial charge in [-0.15, -0.1) is 0 Å². The molecule has 11 heteroatoms. The van der Waals surface area contributed by atoms with Crippen molar-refractivity contribution in [1.29, 1.82) is 0 Å². The Hall–Kier alpha value is -4.77. The van der Waals surface area contributed by atoms with Gasteiger partial charge in [-0.2, -0.15) is 0 Å². The van der Waals surface area contributed by atoms with E-state index in [2.05, 4.69) is 15.3 Å². The summed E-state index contributed by atoms with van der Waals surface area (Å²) in [5, 5.41) is 2.78. The minimum atomic E-state index is -0.305. The Labute approximate surface area is 225 Å². The molecule has 11 nitrogen and oxygen atoms in total. The third-order valence-electron chi connectivity index (χ3n) is 6.60. The molecule has 4 aromatic rings. The molecule has 1 aromatic carbocycles. The zero-order valence-electron chi connectivity index (χ0n) is 21.7. The predicted octanol–water partition coefficient (Wildman–Crippen LogP) is 3.50. The molecule has 0 bridgehead atoms. The van der Waals surface area contributed by atoms with E-state index >= 15 is 0 Å². The van der Waals surface area contributed by atoms with Crippen molar-refractivity contribution in [3.63, 3.8) is 0 Å². The summed E-state index contributed by atoms with van der Waals surface area (Å²) in [4.78, 5) is 40.9. The number of rotatable bonds is 8. The zero-order chi connectivity index (χ0) is 27.4. The molecule has 4 heterocycles. The van der Waals surface area contributed by atoms with Gasteiger partial charge in [0.05, 0.1) is 19.8 Å². The molecule has 0 saturated carbocycles. The summed E-state index contributed by atoms with van der Waals surface area (Å²) in [5.74, 6) is 1.63. The fourth-order valence-electron chi connectivity index (χ4n) is 4.74. The molecule has 3 aromatic heterocycles. The van der Waals surface area contributed by atoms with Crippen LogP contribution in [-0.4, -0.2) is 63.4 Å². The molecule has 1 saturated heterocycles. The second kappa shape index (κ2) is 11.3. The minimum Gasteiger partial charge on any atom is -0.497 e. The summed E-state index contributed by atoms with van der Waals surface area (Å²) in [6.07, 6.45) is 9.88. The van der Waals surface area contributed by atoms with Crippen molar-refractivity contribution in [2.75, 3.05) is 38.4 Å². The second-order valence-electron chi connectivity index (χ2n) is 9.01. The van der Waals surface area contributed by atoms with Crippen molar-refractivity contribution in [1.82, 2.24) is 24.3 Å². The van der Waals surface area contributed by atoms with Gasteiger partial charge in [0.15, 0.2) is 0 Å². The highest BCUT2D eigenvalue weighted by molar-refractivity contribution is 6.04. The van der Waals surface area contributed by atoms with Gasteiger partial charge in [-0.3, -0.25) is 14.0 Å². The molecule has 2 amide bonds. The van der Waals surface area contributed by atoms with E-state index < -0.39 is 0 Å². The van der Waals surface area contributed by atoms with Gasteiger partial charge in [0.2, 0.25) is 5.91 Å². The molecular formula is C28H29N7O4. The van der Waals surface area contributed by atoms with Crippen LogP contribution in [0.2, 0.25) is 0 Å². The molecule has 39 heavy (non-hydrogen) atoms. The molecule has 0 spiro atoms. The van der Waals surface area contributed by atoms with Crippen molar-refractivity contribution in [2.24, 2.45) is 0 Å². The summed E-state index contributed by atoms with van der Waals surface area (Å²) < 4.78 is 12.1. The number of nitrogens with zero attached hydrogens (tertiary/aromatic N) is 5. The van der Waals surface area contributed by atoms with Crippen molar-refractivity contribution in [3.8, 4) is 17.0 Å². The standard InChI is InChI=1S/C28H29N7O4/c1-38-16-4-6-23(36)34-14-3-5-21(34)27-33-24(25-26(29)31-13-15-35(25)27)18-7-9-19(10-8-18)28(37)32-22-17-20(39-2)11-12-30-22/h4,6-13,15,17,21H,3,5,14,16H2,1-2H3,(H2,29,31)(H,30,32,37). The van der Waals surface area contributed by atoms with E-state index in [0.717, 1.165) is 18.4 Å². The maximum absolute atomic E-state index is 12.9. The van der Waals surface area contributed by atoms with E-state index in [1.165, 1.54) is 0 Å². The first-order chi connectivity index (χ1) is 19.0. The number of anilines is 2. The number of ether oxygens (including phenoxy) is 2. The monoisotopic (exact) mass is 527 g/mol. The van der Waals surface area contributed by atoms with E-state index in [4.69, 9.17) is 20.2 Å². The summed E-state index contributed by atoms with van der Waals surface area (Å²) in [6.45, 7) is 1.00. The van der Waals surface area contributed by atoms with E-state index in [1.807, 2.05) is 27.6 Å². The smallest absolute Gasteiger partial charge is 0.256 e. The zero-order valence-corrected chi connectivity index (χ0v) is 21.7. The second-order valence-corrected chi connectivity index (χ2v) is 9.01. The van der Waals surface area contributed by atoms with Crippen molar-refractivity contribution < 1.29 is 19.1 Å². The van der Waals surface area contributed by atoms with E-state index in [0.29, 0.717) is 53.1 Å². The Kier molecular flexibility index (Phi) is 7.50. The highest BCUT2D eigenvalue weighted by Crippen LogP contribution is 2.36. The first-order valence-electron chi connectivity index (χ1n) is 12.5. The lowest BCUT2D eigenvalue weighted by Crippen LogP contribution is -2.30. The number of fused-ring (bicyclic) bond motifs is 1. The molecular weight excluding hydrogens is 498 g/mol. The van der Waals surface area contributed by atoms with Gasteiger partial charge in [0.25, 0.3) is 5.91 Å². The lowest BCUT2D eigenvalue weighted by molar-refractivity contribution is -0.127. The molecule has 1 atom stereocenters. The Morgan fingerprint density at radius 3 is 2.74 bits per heavy atom. The Balaban J connectivity index is 1.45. The number of nitrogen functional groups attached to an aromatic ring is 1. The number of benzene rings is 1. The van der Waals surface area contributed by atoms with Crippen LogP contribution in [0, 0.1) is 0 Å². The molecule has 3 N–H and O–H groups in total. The summed E-state index contributed by atoms with van der Waals surface area (Å²) in [5.41, 5.74) is 8.82. The number of nitrogens with two attached hydrogens (primary N) is 1. The number of pyridine rings is 1. The summed E-state index contributed by atoms with van der Waals surface area (Å²) >= 11 is 0. The molecule has 1 aliphatic rings. The van der Waals surface area contributed by atoms with Crippen molar-refractivity contribution in [2.45, 2.75) is 18.9 Å². The number of carbonyl (C=O) groups is 2. The maximum atomic E-state index is 12.9. The third-order valence-corrected chi connectivity index (χ3v) is 6.60. The van der Waals surface area contributed by atoms with Crippen LogP contribution in [0.3, 0.4) is 0 Å². The Bertz CT molecular complexity index is 1530. The lowest BCUT2D eigenvalue weighted by atomic mass is 10.1. The number of likely N-dealkylation sites (tertiary alicyclic amines) is 1. The fourth-order valence-corrected chi connectivity index (χ4v) is 4.74. The summed E-state index contributed by atoms with van der Waals surface area (Å²) in [7, 11) is 3.14. The van der Waals surface area contributed by atoms with Gasteiger partial charge in [-0.25, -0.2) is 15.0 Å². The minimum absolute atomic E-state index is 0.0873. The first-order valence-corrected chi connectivity index (χ1v) is 12.5. The van der Waals surface area contributed by atoms with Crippen molar-refractivity contribution in [3.05, 3.63) is 78.5 Å². The van der Waals surface area contributed by atoms with Crippen molar-refractivity contribution >= 4 is 29.0 Å². The van der Waals surface area contributed by atoms with Crippen LogP contribution in [0.4, 0.5) is 11.6 Å². The van der Waals surface area contributed by atoms with E-state index in [-0.39, 0.29) is 17.9 Å². The van der Waals surface area contributed by atoms with Crippen LogP contribution >= 0.6 is 0 Å². The number of methoxy groups -OCH3 is 2. The van der Waals surface area contributed by atoms with Gasteiger partial charge < -0.3 is 25.4 Å². The van der Waals surface area contributed by atoms with E-state index in [9.17, 15) is 9.59 Å². The molecule has 200 valence electrons. The number of imidazole rings is 1. The molecule has 1 aliphatic heterocycles. The maximum Gasteiger partial charge on any atom is 0.256 e.